The van der Waals surface area contributed by atoms with E-state index >= 15 is 0 Å². The normalized spacial score (nSPS) is 14.0. The van der Waals surface area contributed by atoms with Crippen LogP contribution in [0.1, 0.15) is 80.6 Å². The van der Waals surface area contributed by atoms with Gasteiger partial charge < -0.3 is 0 Å². The summed E-state index contributed by atoms with van der Waals surface area (Å²) in [7, 11) is -3.15. The van der Waals surface area contributed by atoms with E-state index in [0.717, 1.165) is 12.8 Å². The number of unbranched alkanes of at least 4 members (excludes halogenated alkanes) is 2. The zero-order valence-electron chi connectivity index (χ0n) is 14.5. The zero-order valence-corrected chi connectivity index (χ0v) is 15.4. The Labute approximate surface area is 127 Å². The molecule has 0 aliphatic carbocycles. The predicted octanol–water partition coefficient (Wildman–Crippen LogP) is 4.34. The van der Waals surface area contributed by atoms with Crippen molar-refractivity contribution >= 4 is 10.0 Å². The first kappa shape index (κ1) is 19.9. The molecule has 0 amide bonds. The summed E-state index contributed by atoms with van der Waals surface area (Å²) in [5.74, 6) is 0.371. The molecule has 20 heavy (non-hydrogen) atoms. The van der Waals surface area contributed by atoms with Crippen molar-refractivity contribution in [3.8, 4) is 0 Å². The highest BCUT2D eigenvalue weighted by Gasteiger charge is 2.24. The van der Waals surface area contributed by atoms with E-state index in [0.29, 0.717) is 5.41 Å². The van der Waals surface area contributed by atoms with Crippen LogP contribution in [0.4, 0.5) is 0 Å². The van der Waals surface area contributed by atoms with Crippen molar-refractivity contribution in [2.24, 2.45) is 11.3 Å². The average molecular weight is 306 g/mol. The monoisotopic (exact) mass is 305 g/mol. The Bertz CT molecular complexity index is 364. The second-order valence-corrected chi connectivity index (χ2v) is 10.0. The Hall–Kier alpha value is -0.0900. The first-order valence-corrected chi connectivity index (χ1v) is 9.50. The summed E-state index contributed by atoms with van der Waals surface area (Å²) in [5.41, 5.74) is 0.0594. The Morgan fingerprint density at radius 3 is 1.85 bits per heavy atom. The van der Waals surface area contributed by atoms with Crippen molar-refractivity contribution in [2.45, 2.75) is 86.1 Å². The molecule has 3 nitrogen and oxygen atoms in total. The minimum atomic E-state index is -3.15. The zero-order chi connectivity index (χ0) is 16.0. The van der Waals surface area contributed by atoms with Crippen LogP contribution in [0.15, 0.2) is 0 Å². The largest absolute Gasteiger partial charge is 0.212 e. The van der Waals surface area contributed by atoms with Gasteiger partial charge in [0.1, 0.15) is 0 Å². The van der Waals surface area contributed by atoms with E-state index in [2.05, 4.69) is 25.5 Å². The second kappa shape index (κ2) is 7.79. The first-order chi connectivity index (χ1) is 8.83. The fourth-order valence-electron chi connectivity index (χ4n) is 2.35. The third-order valence-electron chi connectivity index (χ3n) is 3.21. The number of sulfonamides is 1. The maximum atomic E-state index is 12.0. The van der Waals surface area contributed by atoms with Gasteiger partial charge in [-0.2, -0.15) is 0 Å². The maximum absolute atomic E-state index is 12.0. The minimum absolute atomic E-state index is 0.162. The number of rotatable bonds is 9. The molecule has 0 unspecified atom stereocenters. The molecule has 0 aromatic heterocycles. The molecule has 0 rings (SSSR count). The van der Waals surface area contributed by atoms with Crippen LogP contribution in [0.3, 0.4) is 0 Å². The lowest BCUT2D eigenvalue weighted by molar-refractivity contribution is 0.345. The van der Waals surface area contributed by atoms with Gasteiger partial charge in [-0.05, 0) is 38.0 Å². The van der Waals surface area contributed by atoms with E-state index in [-0.39, 0.29) is 17.2 Å². The Kier molecular flexibility index (Phi) is 7.75. The number of nitrogens with one attached hydrogen (secondary N) is 1. The molecule has 0 spiro atoms. The van der Waals surface area contributed by atoms with E-state index in [1.165, 1.54) is 19.3 Å². The van der Waals surface area contributed by atoms with Gasteiger partial charge in [-0.3, -0.25) is 0 Å². The lowest BCUT2D eigenvalue weighted by Gasteiger charge is -2.26. The molecule has 0 saturated heterocycles. The summed E-state index contributed by atoms with van der Waals surface area (Å²) in [5, 5.41) is 0. The van der Waals surface area contributed by atoms with Gasteiger partial charge in [0, 0.05) is 5.54 Å². The van der Waals surface area contributed by atoms with Crippen LogP contribution in [0.25, 0.3) is 0 Å². The van der Waals surface area contributed by atoms with E-state index in [9.17, 15) is 8.42 Å². The third-order valence-corrected chi connectivity index (χ3v) is 5.18. The lowest BCUT2D eigenvalue weighted by atomic mass is 9.88. The van der Waals surface area contributed by atoms with Gasteiger partial charge in [0.05, 0.1) is 5.75 Å². The van der Waals surface area contributed by atoms with Crippen LogP contribution in [-0.4, -0.2) is 19.7 Å². The topological polar surface area (TPSA) is 46.2 Å². The molecule has 0 aliphatic heterocycles. The van der Waals surface area contributed by atoms with Crippen LogP contribution < -0.4 is 4.72 Å². The molecule has 0 aromatic carbocycles. The van der Waals surface area contributed by atoms with Gasteiger partial charge in [0.2, 0.25) is 10.0 Å². The maximum Gasteiger partial charge on any atom is 0.212 e. The molecular formula is C16H35NO2S. The molecule has 0 bridgehead atoms. The summed E-state index contributed by atoms with van der Waals surface area (Å²) < 4.78 is 26.8. The minimum Gasteiger partial charge on any atom is -0.212 e. The highest BCUT2D eigenvalue weighted by Crippen LogP contribution is 2.23. The fraction of sp³-hybridized carbons (Fsp3) is 1.00. The van der Waals surface area contributed by atoms with Crippen molar-refractivity contribution in [2.75, 3.05) is 5.75 Å². The summed E-state index contributed by atoms with van der Waals surface area (Å²) in [6.45, 7) is 14.6. The van der Waals surface area contributed by atoms with Gasteiger partial charge >= 0.3 is 0 Å². The number of hydrogen-bond donors (Lipinski definition) is 1. The van der Waals surface area contributed by atoms with Gasteiger partial charge in [-0.25, -0.2) is 13.1 Å². The van der Waals surface area contributed by atoms with Crippen molar-refractivity contribution in [1.29, 1.82) is 0 Å². The molecule has 0 atom stereocenters. The molecule has 122 valence electrons. The lowest BCUT2D eigenvalue weighted by Crippen LogP contribution is -2.44. The Morgan fingerprint density at radius 1 is 0.900 bits per heavy atom. The summed E-state index contributed by atoms with van der Waals surface area (Å²) in [6, 6.07) is 0. The van der Waals surface area contributed by atoms with E-state index in [4.69, 9.17) is 0 Å². The van der Waals surface area contributed by atoms with Crippen LogP contribution in [0.2, 0.25) is 0 Å². The van der Waals surface area contributed by atoms with Crippen molar-refractivity contribution in [1.82, 2.24) is 4.72 Å². The van der Waals surface area contributed by atoms with E-state index < -0.39 is 10.0 Å². The highest BCUT2D eigenvalue weighted by atomic mass is 32.2. The standard InChI is InChI=1S/C16H35NO2S/c1-14(2)13-20(18,19)17-16(6,7)12-10-8-9-11-15(3,4)5/h14,17H,8-13H2,1-7H3. The SMILES string of the molecule is CC(C)CS(=O)(=O)NC(C)(C)CCCCCC(C)(C)C. The molecule has 0 aromatic rings. The molecule has 0 saturated carbocycles. The predicted molar refractivity (Wildman–Crippen MR) is 88.4 cm³/mol. The van der Waals surface area contributed by atoms with Crippen molar-refractivity contribution < 1.29 is 8.42 Å². The van der Waals surface area contributed by atoms with Crippen LogP contribution in [-0.2, 0) is 10.0 Å². The van der Waals surface area contributed by atoms with Gasteiger partial charge in [-0.1, -0.05) is 53.9 Å². The van der Waals surface area contributed by atoms with Crippen LogP contribution >= 0.6 is 0 Å². The second-order valence-electron chi connectivity index (χ2n) is 8.28. The highest BCUT2D eigenvalue weighted by molar-refractivity contribution is 7.89. The summed E-state index contributed by atoms with van der Waals surface area (Å²) >= 11 is 0. The Morgan fingerprint density at radius 2 is 1.40 bits per heavy atom. The third kappa shape index (κ3) is 11.7. The van der Waals surface area contributed by atoms with E-state index in [1.54, 1.807) is 0 Å². The molecule has 0 fully saturated rings. The van der Waals surface area contributed by atoms with E-state index in [1.807, 2.05) is 27.7 Å². The fourth-order valence-corrected chi connectivity index (χ4v) is 4.26. The smallest absolute Gasteiger partial charge is 0.212 e. The quantitative estimate of drug-likeness (QED) is 0.644. The molecular weight excluding hydrogens is 270 g/mol. The summed E-state index contributed by atoms with van der Waals surface area (Å²) in [4.78, 5) is 0. The molecule has 4 heteroatoms. The van der Waals surface area contributed by atoms with Crippen molar-refractivity contribution in [3.63, 3.8) is 0 Å². The molecule has 0 radical (unpaired) electrons. The van der Waals surface area contributed by atoms with Crippen molar-refractivity contribution in [3.05, 3.63) is 0 Å². The average Bonchev–Trinajstić information content (AvgIpc) is 2.09. The van der Waals surface area contributed by atoms with Crippen LogP contribution in [0, 0.1) is 11.3 Å². The first-order valence-electron chi connectivity index (χ1n) is 7.85. The Balaban J connectivity index is 4.08. The molecule has 0 aliphatic rings. The van der Waals surface area contributed by atoms with Crippen LogP contribution in [0.5, 0.6) is 0 Å². The number of hydrogen-bond acceptors (Lipinski definition) is 2. The van der Waals surface area contributed by atoms with Gasteiger partial charge in [0.25, 0.3) is 0 Å². The molecule has 1 N–H and O–H groups in total. The summed E-state index contributed by atoms with van der Waals surface area (Å²) in [6.07, 6.45) is 5.60. The molecule has 0 heterocycles. The van der Waals surface area contributed by atoms with Gasteiger partial charge in [0.15, 0.2) is 0 Å². The van der Waals surface area contributed by atoms with Gasteiger partial charge in [-0.15, -0.1) is 0 Å².